The molecule has 0 saturated carbocycles. The van der Waals surface area contributed by atoms with E-state index in [-0.39, 0.29) is 11.9 Å². The van der Waals surface area contributed by atoms with E-state index >= 15 is 0 Å². The summed E-state index contributed by atoms with van der Waals surface area (Å²) in [6, 6.07) is 14.7. The Morgan fingerprint density at radius 1 is 0.729 bits per heavy atom. The van der Waals surface area contributed by atoms with Crippen molar-refractivity contribution in [2.75, 3.05) is 106 Å². The molecule has 3 aliphatic heterocycles. The number of nitrogens with zero attached hydrogens (tertiary/aromatic N) is 8. The number of morpholine rings is 1. The number of amides is 3. The predicted molar refractivity (Wildman–Crippen MR) is 189 cm³/mol. The smallest absolute Gasteiger partial charge is 0.323 e. The SMILES string of the molecule is CCN1CCCN(c2nc(-c3ccc(NC(=O)Nc4ccc(C(=O)N5CCN(C(C)C)CC5)cc4)cc3)nc(N3CCOCC3)n2)CC1. The van der Waals surface area contributed by atoms with Gasteiger partial charge in [-0.1, -0.05) is 6.92 Å². The molecule has 3 aromatic rings. The van der Waals surface area contributed by atoms with Gasteiger partial charge in [0.1, 0.15) is 0 Å². The number of urea groups is 1. The summed E-state index contributed by atoms with van der Waals surface area (Å²) in [7, 11) is 0. The fraction of sp³-hybridized carbons (Fsp3) is 0.514. The first kappa shape index (κ1) is 33.6. The van der Waals surface area contributed by atoms with Crippen molar-refractivity contribution in [2.45, 2.75) is 33.2 Å². The molecule has 2 aromatic carbocycles. The lowest BCUT2D eigenvalue weighted by Crippen LogP contribution is -2.50. The number of likely N-dealkylation sites (N-methyl/N-ethyl adjacent to an activating group) is 1. The van der Waals surface area contributed by atoms with Crippen LogP contribution in [0.3, 0.4) is 0 Å². The monoisotopic (exact) mass is 656 g/mol. The molecule has 4 heterocycles. The number of nitrogens with one attached hydrogen (secondary N) is 2. The van der Waals surface area contributed by atoms with Crippen molar-refractivity contribution in [3.05, 3.63) is 54.1 Å². The largest absolute Gasteiger partial charge is 0.378 e. The van der Waals surface area contributed by atoms with Crippen molar-refractivity contribution in [1.29, 1.82) is 0 Å². The average molecular weight is 657 g/mol. The van der Waals surface area contributed by atoms with Crippen LogP contribution in [0.1, 0.15) is 37.6 Å². The Morgan fingerprint density at radius 2 is 1.33 bits per heavy atom. The molecule has 1 aromatic heterocycles. The van der Waals surface area contributed by atoms with Gasteiger partial charge in [-0.2, -0.15) is 15.0 Å². The maximum absolute atomic E-state index is 13.0. The predicted octanol–water partition coefficient (Wildman–Crippen LogP) is 3.72. The van der Waals surface area contributed by atoms with Crippen LogP contribution in [0.4, 0.5) is 28.1 Å². The molecule has 256 valence electrons. The second-order valence-electron chi connectivity index (χ2n) is 12.8. The van der Waals surface area contributed by atoms with Crippen LogP contribution in [-0.2, 0) is 4.74 Å². The van der Waals surface area contributed by atoms with Crippen LogP contribution in [-0.4, -0.2) is 133 Å². The zero-order valence-corrected chi connectivity index (χ0v) is 28.4. The minimum absolute atomic E-state index is 0.0198. The molecule has 48 heavy (non-hydrogen) atoms. The molecule has 0 radical (unpaired) electrons. The second-order valence-corrected chi connectivity index (χ2v) is 12.8. The van der Waals surface area contributed by atoms with E-state index in [4.69, 9.17) is 19.7 Å². The van der Waals surface area contributed by atoms with Gasteiger partial charge in [0.25, 0.3) is 5.91 Å². The number of anilines is 4. The van der Waals surface area contributed by atoms with Crippen molar-refractivity contribution < 1.29 is 14.3 Å². The number of piperazine rings is 1. The van der Waals surface area contributed by atoms with Crippen LogP contribution >= 0.6 is 0 Å². The summed E-state index contributed by atoms with van der Waals surface area (Å²) in [6.07, 6.45) is 1.06. The third-order valence-electron chi connectivity index (χ3n) is 9.35. The Kier molecular flexibility index (Phi) is 11.0. The van der Waals surface area contributed by atoms with Crippen molar-refractivity contribution in [3.63, 3.8) is 0 Å². The highest BCUT2D eigenvalue weighted by atomic mass is 16.5. The molecule has 0 aliphatic carbocycles. The lowest BCUT2D eigenvalue weighted by molar-refractivity contribution is 0.0595. The van der Waals surface area contributed by atoms with Gasteiger partial charge in [0.15, 0.2) is 5.82 Å². The maximum atomic E-state index is 13.0. The first-order chi connectivity index (χ1) is 23.4. The molecule has 0 spiro atoms. The zero-order valence-electron chi connectivity index (χ0n) is 28.4. The number of hydrogen-bond donors (Lipinski definition) is 2. The van der Waals surface area contributed by atoms with E-state index in [1.807, 2.05) is 29.2 Å². The van der Waals surface area contributed by atoms with Crippen LogP contribution < -0.4 is 20.4 Å². The molecular weight excluding hydrogens is 608 g/mol. The zero-order chi connectivity index (χ0) is 33.5. The van der Waals surface area contributed by atoms with Gasteiger partial charge in [-0.15, -0.1) is 0 Å². The lowest BCUT2D eigenvalue weighted by atomic mass is 10.1. The van der Waals surface area contributed by atoms with Crippen LogP contribution in [0.5, 0.6) is 0 Å². The minimum Gasteiger partial charge on any atom is -0.378 e. The van der Waals surface area contributed by atoms with Crippen molar-refractivity contribution in [2.24, 2.45) is 0 Å². The highest BCUT2D eigenvalue weighted by Crippen LogP contribution is 2.25. The number of rotatable bonds is 8. The molecule has 3 amide bonds. The molecule has 3 aliphatic rings. The van der Waals surface area contributed by atoms with Gasteiger partial charge in [0.2, 0.25) is 11.9 Å². The molecular formula is C35H48N10O3. The number of benzene rings is 2. The van der Waals surface area contributed by atoms with Crippen molar-refractivity contribution >= 4 is 35.2 Å². The first-order valence-corrected chi connectivity index (χ1v) is 17.2. The molecule has 6 rings (SSSR count). The van der Waals surface area contributed by atoms with Gasteiger partial charge < -0.3 is 35.0 Å². The summed E-state index contributed by atoms with van der Waals surface area (Å²) in [5.41, 5.74) is 2.70. The number of carbonyl (C=O) groups is 2. The summed E-state index contributed by atoms with van der Waals surface area (Å²) >= 11 is 0. The van der Waals surface area contributed by atoms with E-state index in [1.165, 1.54) is 0 Å². The van der Waals surface area contributed by atoms with Gasteiger partial charge in [0.05, 0.1) is 13.2 Å². The van der Waals surface area contributed by atoms with Crippen LogP contribution in [0.15, 0.2) is 48.5 Å². The number of ether oxygens (including phenoxy) is 1. The van der Waals surface area contributed by atoms with Crippen LogP contribution in [0.2, 0.25) is 0 Å². The van der Waals surface area contributed by atoms with E-state index in [1.54, 1.807) is 24.3 Å². The summed E-state index contributed by atoms with van der Waals surface area (Å²) in [5, 5.41) is 5.76. The number of carbonyl (C=O) groups excluding carboxylic acids is 2. The Labute approximate surface area is 283 Å². The van der Waals surface area contributed by atoms with Gasteiger partial charge in [0, 0.05) is 87.4 Å². The quantitative estimate of drug-likeness (QED) is 0.371. The Bertz CT molecular complexity index is 1520. The standard InChI is InChI=1S/C35H48N10O3/c1-4-41-14-5-15-44(17-16-41)33-38-31(39-34(40-33)45-22-24-48-25-23-45)27-6-10-29(11-7-27)36-35(47)37-30-12-8-28(9-13-30)32(46)43-20-18-42(19-21-43)26(2)3/h6-13,26H,4-5,14-25H2,1-3H3,(H2,36,37,47). The molecule has 2 N–H and O–H groups in total. The van der Waals surface area contributed by atoms with Gasteiger partial charge in [-0.3, -0.25) is 9.69 Å². The Hall–Kier alpha value is -4.33. The number of hydrogen-bond acceptors (Lipinski definition) is 10. The fourth-order valence-corrected chi connectivity index (χ4v) is 6.33. The minimum atomic E-state index is -0.369. The second kappa shape index (κ2) is 15.7. The molecule has 0 bridgehead atoms. The summed E-state index contributed by atoms with van der Waals surface area (Å²) in [4.78, 5) is 51.7. The summed E-state index contributed by atoms with van der Waals surface area (Å²) in [6.45, 7) is 17.4. The van der Waals surface area contributed by atoms with E-state index in [0.29, 0.717) is 53.9 Å². The van der Waals surface area contributed by atoms with E-state index in [9.17, 15) is 9.59 Å². The van der Waals surface area contributed by atoms with Gasteiger partial charge in [-0.25, -0.2) is 4.79 Å². The molecule has 13 nitrogen and oxygen atoms in total. The lowest BCUT2D eigenvalue weighted by Gasteiger charge is -2.37. The normalized spacial score (nSPS) is 18.1. The van der Waals surface area contributed by atoms with E-state index in [0.717, 1.165) is 84.0 Å². The van der Waals surface area contributed by atoms with E-state index in [2.05, 4.69) is 51.0 Å². The Balaban J connectivity index is 1.09. The highest BCUT2D eigenvalue weighted by Gasteiger charge is 2.24. The van der Waals surface area contributed by atoms with Gasteiger partial charge in [-0.05, 0) is 81.9 Å². The molecule has 0 atom stereocenters. The van der Waals surface area contributed by atoms with Crippen molar-refractivity contribution in [1.82, 2.24) is 29.7 Å². The molecule has 13 heteroatoms. The third kappa shape index (κ3) is 8.38. The topological polar surface area (TPSA) is 122 Å². The third-order valence-corrected chi connectivity index (χ3v) is 9.35. The summed E-state index contributed by atoms with van der Waals surface area (Å²) in [5.74, 6) is 1.98. The summed E-state index contributed by atoms with van der Waals surface area (Å²) < 4.78 is 5.57. The molecule has 0 unspecified atom stereocenters. The van der Waals surface area contributed by atoms with E-state index < -0.39 is 0 Å². The van der Waals surface area contributed by atoms with Gasteiger partial charge >= 0.3 is 6.03 Å². The molecule has 3 fully saturated rings. The maximum Gasteiger partial charge on any atom is 0.323 e. The fourth-order valence-electron chi connectivity index (χ4n) is 6.33. The number of aromatic nitrogens is 3. The average Bonchev–Trinajstić information content (AvgIpc) is 3.38. The van der Waals surface area contributed by atoms with Crippen molar-refractivity contribution in [3.8, 4) is 11.4 Å². The molecule has 3 saturated heterocycles. The highest BCUT2D eigenvalue weighted by molar-refractivity contribution is 6.00. The first-order valence-electron chi connectivity index (χ1n) is 17.2. The Morgan fingerprint density at radius 3 is 1.94 bits per heavy atom. The van der Waals surface area contributed by atoms with Crippen LogP contribution in [0, 0.1) is 0 Å². The van der Waals surface area contributed by atoms with Crippen LogP contribution in [0.25, 0.3) is 11.4 Å².